The summed E-state index contributed by atoms with van der Waals surface area (Å²) >= 11 is 0. The van der Waals surface area contributed by atoms with Crippen molar-refractivity contribution < 1.29 is 18.0 Å². The Morgan fingerprint density at radius 2 is 1.41 bits per heavy atom. The molecule has 2 N–H and O–H groups in total. The number of nitrogens with one attached hydrogen (secondary N) is 2. The van der Waals surface area contributed by atoms with E-state index in [1.807, 2.05) is 0 Å². The molecule has 0 atom stereocenters. The maximum Gasteiger partial charge on any atom is 0.205 e. The molecule has 7 nitrogen and oxygen atoms in total. The molecule has 0 unspecified atom stereocenters. The van der Waals surface area contributed by atoms with Gasteiger partial charge >= 0.3 is 0 Å². The van der Waals surface area contributed by atoms with E-state index in [2.05, 4.69) is 15.8 Å². The van der Waals surface area contributed by atoms with Crippen LogP contribution in [-0.2, 0) is 14.6 Å². The summed E-state index contributed by atoms with van der Waals surface area (Å²) in [4.78, 5) is 24.4. The summed E-state index contributed by atoms with van der Waals surface area (Å²) in [6.45, 7) is 6.84. The molecular formula is C21H25N3O4S. The van der Waals surface area contributed by atoms with Crippen molar-refractivity contribution in [1.29, 1.82) is 0 Å². The quantitative estimate of drug-likeness (QED) is 0.322. The summed E-state index contributed by atoms with van der Waals surface area (Å²) in [7, 11) is -3.29. The van der Waals surface area contributed by atoms with Crippen LogP contribution in [0.3, 0.4) is 0 Å². The van der Waals surface area contributed by atoms with Gasteiger partial charge in [-0.15, -0.1) is 0 Å². The number of sulfone groups is 1. The number of carbonyl (C=O) groups is 2. The molecule has 0 fully saturated rings. The Balaban J connectivity index is 2.27. The van der Waals surface area contributed by atoms with Crippen LogP contribution in [0.15, 0.2) is 58.5 Å². The summed E-state index contributed by atoms with van der Waals surface area (Å²) in [5, 5.41) is 7.18. The number of nitrogens with zero attached hydrogens (tertiary/aromatic N) is 1. The van der Waals surface area contributed by atoms with Crippen LogP contribution < -0.4 is 10.7 Å². The van der Waals surface area contributed by atoms with Gasteiger partial charge in [0.15, 0.2) is 21.5 Å². The molecule has 2 rings (SSSR count). The van der Waals surface area contributed by atoms with E-state index >= 15 is 0 Å². The topological polar surface area (TPSA) is 105 Å². The number of carbonyl (C=O) groups excluding carboxylic acids is 2. The van der Waals surface area contributed by atoms with E-state index in [1.165, 1.54) is 19.1 Å². The Labute approximate surface area is 171 Å². The third-order valence-corrected chi connectivity index (χ3v) is 5.16. The van der Waals surface area contributed by atoms with Crippen molar-refractivity contribution in [1.82, 2.24) is 0 Å². The van der Waals surface area contributed by atoms with E-state index < -0.39 is 15.3 Å². The van der Waals surface area contributed by atoms with Gasteiger partial charge in [0.25, 0.3) is 0 Å². The van der Waals surface area contributed by atoms with Crippen LogP contribution in [-0.4, -0.2) is 32.1 Å². The second-order valence-electron chi connectivity index (χ2n) is 7.71. The third kappa shape index (κ3) is 6.25. The standard InChI is InChI=1S/C21H25N3O4S/c1-14(25)15-6-8-16(9-7-15)22-20(19(26)21(2,3)4)24-23-17-10-12-18(13-11-17)29(5,27)28/h6-13,23H,1-5H3,(H,22,24). The molecule has 0 aliphatic carbocycles. The zero-order valence-corrected chi connectivity index (χ0v) is 17.9. The second-order valence-corrected chi connectivity index (χ2v) is 9.72. The normalized spacial score (nSPS) is 12.4. The molecule has 0 aliphatic heterocycles. The highest BCUT2D eigenvalue weighted by molar-refractivity contribution is 7.90. The maximum atomic E-state index is 12.8. The fourth-order valence-corrected chi connectivity index (χ4v) is 2.94. The first-order chi connectivity index (χ1) is 13.4. The van der Waals surface area contributed by atoms with E-state index in [0.717, 1.165) is 6.26 Å². The number of benzene rings is 2. The lowest BCUT2D eigenvalue weighted by molar-refractivity contribution is -0.119. The van der Waals surface area contributed by atoms with Crippen molar-refractivity contribution in [3.63, 3.8) is 0 Å². The monoisotopic (exact) mass is 415 g/mol. The van der Waals surface area contributed by atoms with Crippen LogP contribution in [0.5, 0.6) is 0 Å². The van der Waals surface area contributed by atoms with E-state index in [9.17, 15) is 18.0 Å². The van der Waals surface area contributed by atoms with Crippen molar-refractivity contribution in [3.8, 4) is 0 Å². The Morgan fingerprint density at radius 3 is 1.86 bits per heavy atom. The van der Waals surface area contributed by atoms with Gasteiger partial charge in [-0.25, -0.2) is 8.42 Å². The van der Waals surface area contributed by atoms with Crippen molar-refractivity contribution in [2.24, 2.45) is 10.5 Å². The first kappa shape index (κ1) is 22.3. The van der Waals surface area contributed by atoms with Crippen LogP contribution in [0.25, 0.3) is 0 Å². The molecular weight excluding hydrogens is 390 g/mol. The second kappa shape index (κ2) is 8.57. The highest BCUT2D eigenvalue weighted by Crippen LogP contribution is 2.19. The zero-order valence-electron chi connectivity index (χ0n) is 17.1. The Hall–Kier alpha value is -3.00. The van der Waals surface area contributed by atoms with Gasteiger partial charge in [0.2, 0.25) is 5.78 Å². The van der Waals surface area contributed by atoms with E-state index in [4.69, 9.17) is 0 Å². The molecule has 0 spiro atoms. The van der Waals surface area contributed by atoms with Gasteiger partial charge < -0.3 is 5.32 Å². The minimum Gasteiger partial charge on any atom is -0.336 e. The first-order valence-corrected chi connectivity index (χ1v) is 10.8. The fraction of sp³-hybridized carbons (Fsp3) is 0.286. The maximum absolute atomic E-state index is 12.8. The predicted molar refractivity (Wildman–Crippen MR) is 115 cm³/mol. The molecule has 0 bridgehead atoms. The van der Waals surface area contributed by atoms with Gasteiger partial charge in [0.1, 0.15) is 0 Å². The summed E-state index contributed by atoms with van der Waals surface area (Å²) in [5.41, 5.74) is 3.82. The number of hydrogen-bond donors (Lipinski definition) is 2. The smallest absolute Gasteiger partial charge is 0.205 e. The summed E-state index contributed by atoms with van der Waals surface area (Å²) in [6.07, 6.45) is 1.13. The lowest BCUT2D eigenvalue weighted by Crippen LogP contribution is -2.34. The molecule has 0 saturated carbocycles. The van der Waals surface area contributed by atoms with Crippen molar-refractivity contribution >= 4 is 38.6 Å². The molecule has 0 radical (unpaired) electrons. The van der Waals surface area contributed by atoms with Gasteiger partial charge in [0, 0.05) is 22.9 Å². The third-order valence-electron chi connectivity index (χ3n) is 4.03. The number of hydrogen-bond acceptors (Lipinski definition) is 6. The molecule has 2 aromatic rings. The number of anilines is 2. The van der Waals surface area contributed by atoms with Crippen molar-refractivity contribution in [3.05, 3.63) is 54.1 Å². The van der Waals surface area contributed by atoms with Crippen LogP contribution >= 0.6 is 0 Å². The van der Waals surface area contributed by atoms with Crippen molar-refractivity contribution in [2.45, 2.75) is 32.6 Å². The average molecular weight is 416 g/mol. The highest BCUT2D eigenvalue weighted by Gasteiger charge is 2.27. The molecule has 0 heterocycles. The minimum absolute atomic E-state index is 0.0459. The zero-order chi connectivity index (χ0) is 21.8. The van der Waals surface area contributed by atoms with E-state index in [0.29, 0.717) is 16.9 Å². The highest BCUT2D eigenvalue weighted by atomic mass is 32.2. The van der Waals surface area contributed by atoms with E-state index in [-0.39, 0.29) is 22.3 Å². The average Bonchev–Trinajstić information content (AvgIpc) is 2.63. The molecule has 0 amide bonds. The van der Waals surface area contributed by atoms with Crippen LogP contribution in [0, 0.1) is 5.41 Å². The molecule has 154 valence electrons. The number of amidine groups is 1. The lowest BCUT2D eigenvalue weighted by atomic mass is 9.90. The Kier molecular flexibility index (Phi) is 6.58. The van der Waals surface area contributed by atoms with Gasteiger partial charge in [-0.1, -0.05) is 20.8 Å². The van der Waals surface area contributed by atoms with Crippen molar-refractivity contribution in [2.75, 3.05) is 17.0 Å². The van der Waals surface area contributed by atoms with Gasteiger partial charge in [-0.3, -0.25) is 15.0 Å². The number of hydrazone groups is 1. The number of Topliss-reactive ketones (excluding diaryl/α,β-unsaturated/α-hetero) is 2. The lowest BCUT2D eigenvalue weighted by Gasteiger charge is -2.19. The molecule has 2 aromatic carbocycles. The Bertz CT molecular complexity index is 1030. The molecule has 29 heavy (non-hydrogen) atoms. The summed E-state index contributed by atoms with van der Waals surface area (Å²) in [5.74, 6) is -0.163. The predicted octanol–water partition coefficient (Wildman–Crippen LogP) is 3.75. The molecule has 8 heteroatoms. The number of ketones is 2. The van der Waals surface area contributed by atoms with Gasteiger partial charge in [-0.2, -0.15) is 5.10 Å². The summed E-state index contributed by atoms with van der Waals surface area (Å²) in [6, 6.07) is 12.8. The molecule has 0 aliphatic rings. The largest absolute Gasteiger partial charge is 0.336 e. The minimum atomic E-state index is -3.29. The van der Waals surface area contributed by atoms with Crippen LogP contribution in [0.2, 0.25) is 0 Å². The van der Waals surface area contributed by atoms with Crippen LogP contribution in [0.4, 0.5) is 11.4 Å². The number of rotatable bonds is 6. The summed E-state index contributed by atoms with van der Waals surface area (Å²) < 4.78 is 23.1. The Morgan fingerprint density at radius 1 is 0.897 bits per heavy atom. The fourth-order valence-electron chi connectivity index (χ4n) is 2.31. The van der Waals surface area contributed by atoms with Gasteiger partial charge in [0.05, 0.1) is 10.6 Å². The van der Waals surface area contributed by atoms with Crippen LogP contribution in [0.1, 0.15) is 38.1 Å². The molecule has 0 saturated heterocycles. The molecule has 0 aromatic heterocycles. The first-order valence-electron chi connectivity index (χ1n) is 8.94. The van der Waals surface area contributed by atoms with Gasteiger partial charge in [-0.05, 0) is 55.5 Å². The van der Waals surface area contributed by atoms with E-state index in [1.54, 1.807) is 57.2 Å². The SMILES string of the molecule is CC(=O)c1ccc(N/C(=N/Nc2ccc(S(C)(=O)=O)cc2)C(=O)C(C)(C)C)cc1.